The van der Waals surface area contributed by atoms with E-state index in [1.54, 1.807) is 60.4 Å². The Bertz CT molecular complexity index is 1310. The molecule has 0 saturated carbocycles. The van der Waals surface area contributed by atoms with E-state index in [9.17, 15) is 19.5 Å². The molecule has 3 saturated heterocycles. The van der Waals surface area contributed by atoms with Crippen molar-refractivity contribution >= 4 is 23.4 Å². The van der Waals surface area contributed by atoms with Crippen molar-refractivity contribution in [2.75, 3.05) is 38.8 Å². The lowest BCUT2D eigenvalue weighted by atomic mass is 9.70. The van der Waals surface area contributed by atoms with Gasteiger partial charge in [-0.3, -0.25) is 14.4 Å². The van der Waals surface area contributed by atoms with E-state index in [1.165, 1.54) is 4.90 Å². The van der Waals surface area contributed by atoms with E-state index in [0.717, 1.165) is 0 Å². The summed E-state index contributed by atoms with van der Waals surface area (Å²) >= 11 is 0. The first-order chi connectivity index (χ1) is 19.8. The number of fused-ring (bicyclic) bond motifs is 1. The molecule has 216 valence electrons. The minimum atomic E-state index is -1.21. The number of hydrogen-bond acceptors (Lipinski definition) is 6. The molecule has 3 heterocycles. The molecule has 0 radical (unpaired) electrons. The lowest BCUT2D eigenvalue weighted by molar-refractivity contribution is -0.147. The third-order valence-electron chi connectivity index (χ3n) is 8.69. The summed E-state index contributed by atoms with van der Waals surface area (Å²) in [4.78, 5) is 47.5. The number of carbonyl (C=O) groups excluding carboxylic acids is 3. The number of methoxy groups -OCH3 is 1. The summed E-state index contributed by atoms with van der Waals surface area (Å²) in [6.45, 7) is 7.71. The Morgan fingerprint density at radius 3 is 2.41 bits per heavy atom. The van der Waals surface area contributed by atoms with Crippen LogP contribution in [-0.4, -0.2) is 84.2 Å². The number of likely N-dealkylation sites (tertiary alicyclic amines) is 1. The van der Waals surface area contributed by atoms with E-state index < -0.39 is 42.2 Å². The Morgan fingerprint density at radius 1 is 1.12 bits per heavy atom. The zero-order valence-corrected chi connectivity index (χ0v) is 23.5. The fraction of sp³-hybridized carbons (Fsp3) is 0.406. The Kier molecular flexibility index (Phi) is 8.02. The standard InChI is InChI=1S/C32H37N3O6/c1-5-18-33(3)29(37)26-25-16-17-32(41-25)27(26)30(38)35(24(20-36)21-10-8-7-9-11-21)28(32)31(39)34(19-6-2)22-12-14-23(40-4)15-13-22/h5-15,24-28,36H,1-2,16-20H2,3-4H3/t24-,25-,26+,27+,28?,32?/m1/s1. The van der Waals surface area contributed by atoms with Crippen molar-refractivity contribution in [1.29, 1.82) is 0 Å². The normalized spacial score (nSPS) is 26.8. The third-order valence-corrected chi connectivity index (χ3v) is 8.69. The van der Waals surface area contributed by atoms with Crippen molar-refractivity contribution in [3.8, 4) is 5.75 Å². The zero-order valence-electron chi connectivity index (χ0n) is 23.5. The van der Waals surface area contributed by atoms with Gasteiger partial charge in [-0.05, 0) is 42.7 Å². The highest BCUT2D eigenvalue weighted by molar-refractivity contribution is 6.05. The fourth-order valence-corrected chi connectivity index (χ4v) is 6.92. The number of anilines is 1. The fourth-order valence-electron chi connectivity index (χ4n) is 6.92. The van der Waals surface area contributed by atoms with E-state index in [1.807, 2.05) is 30.3 Å². The minimum Gasteiger partial charge on any atom is -0.497 e. The quantitative estimate of drug-likeness (QED) is 0.425. The Hall–Kier alpha value is -3.95. The van der Waals surface area contributed by atoms with Gasteiger partial charge in [0.25, 0.3) is 5.91 Å². The van der Waals surface area contributed by atoms with Crippen LogP contribution in [0.5, 0.6) is 5.75 Å². The predicted octanol–water partition coefficient (Wildman–Crippen LogP) is 2.97. The molecule has 41 heavy (non-hydrogen) atoms. The van der Waals surface area contributed by atoms with Crippen LogP contribution >= 0.6 is 0 Å². The summed E-state index contributed by atoms with van der Waals surface area (Å²) in [5.74, 6) is -1.86. The molecule has 1 N–H and O–H groups in total. The summed E-state index contributed by atoms with van der Waals surface area (Å²) in [5.41, 5.74) is 0.0926. The van der Waals surface area contributed by atoms with Crippen molar-refractivity contribution in [1.82, 2.24) is 9.80 Å². The average molecular weight is 560 g/mol. The monoisotopic (exact) mass is 559 g/mol. The second-order valence-electron chi connectivity index (χ2n) is 10.9. The number of likely N-dealkylation sites (N-methyl/N-ethyl adjacent to an activating group) is 1. The summed E-state index contributed by atoms with van der Waals surface area (Å²) in [6.07, 6.45) is 3.80. The van der Waals surface area contributed by atoms with E-state index in [-0.39, 0.29) is 24.3 Å². The molecule has 5 rings (SSSR count). The van der Waals surface area contributed by atoms with Gasteiger partial charge in [0.15, 0.2) is 0 Å². The van der Waals surface area contributed by atoms with E-state index in [4.69, 9.17) is 9.47 Å². The molecular formula is C32H37N3O6. The maximum absolute atomic E-state index is 14.7. The van der Waals surface area contributed by atoms with Gasteiger partial charge in [0.05, 0.1) is 37.7 Å². The number of carbonyl (C=O) groups is 3. The molecule has 9 heteroatoms. The van der Waals surface area contributed by atoms with Crippen molar-refractivity contribution in [2.24, 2.45) is 11.8 Å². The number of amides is 3. The molecule has 3 amide bonds. The number of nitrogens with zero attached hydrogens (tertiary/aromatic N) is 3. The number of rotatable bonds is 11. The first-order valence-electron chi connectivity index (χ1n) is 13.9. The number of aliphatic hydroxyl groups is 1. The summed E-state index contributed by atoms with van der Waals surface area (Å²) < 4.78 is 11.9. The number of aliphatic hydroxyl groups excluding tert-OH is 1. The lowest BCUT2D eigenvalue weighted by Crippen LogP contribution is -2.57. The number of hydrogen-bond donors (Lipinski definition) is 1. The molecule has 2 bridgehead atoms. The summed E-state index contributed by atoms with van der Waals surface area (Å²) in [6, 6.07) is 14.4. The maximum Gasteiger partial charge on any atom is 0.253 e. The Labute approximate surface area is 240 Å². The summed E-state index contributed by atoms with van der Waals surface area (Å²) in [5, 5.41) is 10.7. The van der Waals surface area contributed by atoms with Crippen LogP contribution in [0.3, 0.4) is 0 Å². The molecule has 6 atom stereocenters. The minimum absolute atomic E-state index is 0.188. The Balaban J connectivity index is 1.63. The molecule has 1 spiro atoms. The molecule has 2 aromatic carbocycles. The lowest BCUT2D eigenvalue weighted by Gasteiger charge is -2.39. The van der Waals surface area contributed by atoms with Crippen molar-refractivity contribution in [3.05, 3.63) is 85.5 Å². The average Bonchev–Trinajstić information content (AvgIpc) is 3.64. The third kappa shape index (κ3) is 4.63. The van der Waals surface area contributed by atoms with Crippen molar-refractivity contribution in [3.63, 3.8) is 0 Å². The topological polar surface area (TPSA) is 99.6 Å². The number of ether oxygens (including phenoxy) is 2. The van der Waals surface area contributed by atoms with Gasteiger partial charge in [-0.1, -0.05) is 42.5 Å². The second-order valence-corrected chi connectivity index (χ2v) is 10.9. The van der Waals surface area contributed by atoms with Gasteiger partial charge in [0, 0.05) is 25.8 Å². The van der Waals surface area contributed by atoms with Crippen molar-refractivity contribution in [2.45, 2.75) is 36.6 Å². The molecule has 0 aromatic heterocycles. The van der Waals surface area contributed by atoms with Gasteiger partial charge in [0.2, 0.25) is 11.8 Å². The van der Waals surface area contributed by atoms with E-state index >= 15 is 0 Å². The van der Waals surface area contributed by atoms with Crippen LogP contribution in [0.25, 0.3) is 0 Å². The smallest absolute Gasteiger partial charge is 0.253 e. The van der Waals surface area contributed by atoms with Crippen molar-refractivity contribution < 1.29 is 29.0 Å². The van der Waals surface area contributed by atoms with Crippen LogP contribution < -0.4 is 9.64 Å². The molecule has 0 aliphatic carbocycles. The van der Waals surface area contributed by atoms with Gasteiger partial charge in [-0.2, -0.15) is 0 Å². The SMILES string of the molecule is C=CCN(C)C(=O)[C@@H]1[C@H]2C(=O)N([C@H](CO)c3ccccc3)C(C(=O)N(CC=C)c3ccc(OC)cc3)C23CC[C@H]1O3. The molecule has 2 unspecified atom stereocenters. The highest BCUT2D eigenvalue weighted by Crippen LogP contribution is 2.60. The molecule has 3 aliphatic heterocycles. The Morgan fingerprint density at radius 2 is 1.80 bits per heavy atom. The highest BCUT2D eigenvalue weighted by Gasteiger charge is 2.75. The second kappa shape index (κ2) is 11.5. The summed E-state index contributed by atoms with van der Waals surface area (Å²) in [7, 11) is 3.25. The van der Waals surface area contributed by atoms with Crippen LogP contribution in [0.2, 0.25) is 0 Å². The first-order valence-corrected chi connectivity index (χ1v) is 13.9. The maximum atomic E-state index is 14.7. The largest absolute Gasteiger partial charge is 0.497 e. The molecule has 2 aromatic rings. The molecule has 3 aliphatic rings. The van der Waals surface area contributed by atoms with E-state index in [0.29, 0.717) is 36.4 Å². The van der Waals surface area contributed by atoms with Gasteiger partial charge in [-0.25, -0.2) is 0 Å². The van der Waals surface area contributed by atoms with Crippen LogP contribution in [-0.2, 0) is 19.1 Å². The predicted molar refractivity (Wildman–Crippen MR) is 154 cm³/mol. The van der Waals surface area contributed by atoms with Crippen LogP contribution in [0.1, 0.15) is 24.4 Å². The first kappa shape index (κ1) is 28.6. The molecule has 9 nitrogen and oxygen atoms in total. The van der Waals surface area contributed by atoms with Crippen LogP contribution in [0, 0.1) is 11.8 Å². The van der Waals surface area contributed by atoms with Gasteiger partial charge in [0.1, 0.15) is 17.4 Å². The number of benzene rings is 2. The van der Waals surface area contributed by atoms with Gasteiger partial charge in [-0.15, -0.1) is 13.2 Å². The zero-order chi connectivity index (χ0) is 29.3. The van der Waals surface area contributed by atoms with Gasteiger partial charge < -0.3 is 29.3 Å². The van der Waals surface area contributed by atoms with E-state index in [2.05, 4.69) is 13.2 Å². The van der Waals surface area contributed by atoms with Crippen LogP contribution in [0.15, 0.2) is 79.9 Å². The van der Waals surface area contributed by atoms with Crippen LogP contribution in [0.4, 0.5) is 5.69 Å². The van der Waals surface area contributed by atoms with Gasteiger partial charge >= 0.3 is 0 Å². The highest BCUT2D eigenvalue weighted by atomic mass is 16.5. The molecule has 3 fully saturated rings. The molecular weight excluding hydrogens is 522 g/mol.